The minimum atomic E-state index is -2.80. The molecule has 1 aliphatic heterocycles. The number of amides is 1. The van der Waals surface area contributed by atoms with Crippen LogP contribution in [0.5, 0.6) is 5.75 Å². The fourth-order valence-corrected chi connectivity index (χ4v) is 3.33. The first-order valence-electron chi connectivity index (χ1n) is 9.40. The molecule has 1 aliphatic rings. The van der Waals surface area contributed by atoms with E-state index in [1.54, 1.807) is 16.7 Å². The van der Waals surface area contributed by atoms with Gasteiger partial charge in [0, 0.05) is 37.9 Å². The molecule has 0 saturated carbocycles. The van der Waals surface area contributed by atoms with Gasteiger partial charge < -0.3 is 19.2 Å². The Bertz CT molecular complexity index is 1010. The Balaban J connectivity index is 1.59. The number of aromatic nitrogens is 4. The molecule has 0 radical (unpaired) electrons. The minimum Gasteiger partial charge on any atom is -0.491 e. The van der Waals surface area contributed by atoms with Crippen LogP contribution >= 0.6 is 0 Å². The fourth-order valence-electron chi connectivity index (χ4n) is 3.33. The number of ether oxygens (including phenoxy) is 2. The number of nitrogens with zero attached hydrogens (tertiary/aromatic N) is 4. The lowest BCUT2D eigenvalue weighted by molar-refractivity contribution is 0.0561. The van der Waals surface area contributed by atoms with Crippen LogP contribution in [-0.4, -0.2) is 44.9 Å². The van der Waals surface area contributed by atoms with Crippen LogP contribution in [0.1, 0.15) is 36.1 Å². The Labute approximate surface area is 165 Å². The molecular weight excluding hydrogens is 384 g/mol. The highest BCUT2D eigenvalue weighted by molar-refractivity contribution is 6.03. The van der Waals surface area contributed by atoms with Gasteiger partial charge in [0.2, 0.25) is 0 Å². The Morgan fingerprint density at radius 2 is 2.31 bits per heavy atom. The quantitative estimate of drug-likeness (QED) is 0.653. The van der Waals surface area contributed by atoms with Gasteiger partial charge in [0.05, 0.1) is 12.3 Å². The highest BCUT2D eigenvalue weighted by atomic mass is 19.3. The first-order valence-corrected chi connectivity index (χ1v) is 9.40. The van der Waals surface area contributed by atoms with Crippen molar-refractivity contribution in [3.63, 3.8) is 0 Å². The van der Waals surface area contributed by atoms with Gasteiger partial charge in [-0.05, 0) is 31.7 Å². The predicted octanol–water partition coefficient (Wildman–Crippen LogP) is 3.16. The summed E-state index contributed by atoms with van der Waals surface area (Å²) in [6.07, 6.45) is 6.50. The number of carbonyl (C=O) groups excluding carboxylic acids is 1. The van der Waals surface area contributed by atoms with E-state index in [4.69, 9.17) is 9.47 Å². The van der Waals surface area contributed by atoms with Gasteiger partial charge in [0.1, 0.15) is 17.1 Å². The van der Waals surface area contributed by atoms with Crippen molar-refractivity contribution in [1.82, 2.24) is 19.2 Å². The first kappa shape index (κ1) is 19.3. The smallest absolute Gasteiger partial charge is 0.333 e. The van der Waals surface area contributed by atoms with Gasteiger partial charge in [0.25, 0.3) is 5.91 Å². The lowest BCUT2D eigenvalue weighted by Crippen LogP contribution is -2.15. The van der Waals surface area contributed by atoms with Crippen LogP contribution in [0, 0.1) is 5.92 Å². The van der Waals surface area contributed by atoms with Crippen LogP contribution in [0.3, 0.4) is 0 Å². The Kier molecular flexibility index (Phi) is 5.43. The number of halogens is 2. The van der Waals surface area contributed by atoms with Crippen LogP contribution in [0.15, 0.2) is 30.7 Å². The summed E-state index contributed by atoms with van der Waals surface area (Å²) in [6.45, 7) is 0.944. The number of hydrogen-bond donors (Lipinski definition) is 1. The number of carbonyl (C=O) groups is 1. The number of alkyl halides is 2. The van der Waals surface area contributed by atoms with E-state index in [1.165, 1.54) is 6.07 Å². The van der Waals surface area contributed by atoms with E-state index < -0.39 is 12.5 Å². The van der Waals surface area contributed by atoms with Crippen LogP contribution in [-0.2, 0) is 11.2 Å². The van der Waals surface area contributed by atoms with E-state index in [0.717, 1.165) is 37.9 Å². The molecule has 4 rings (SSSR count). The molecular formula is C19H21F2N5O3. The van der Waals surface area contributed by atoms with Gasteiger partial charge in [-0.25, -0.2) is 9.67 Å². The summed E-state index contributed by atoms with van der Waals surface area (Å²) in [5.41, 5.74) is 1.92. The zero-order valence-corrected chi connectivity index (χ0v) is 15.8. The molecule has 10 heteroatoms. The maximum absolute atomic E-state index is 12.7. The third-order valence-electron chi connectivity index (χ3n) is 4.72. The number of rotatable bonds is 7. The summed E-state index contributed by atoms with van der Waals surface area (Å²) < 4.78 is 38.7. The van der Waals surface area contributed by atoms with Gasteiger partial charge >= 0.3 is 6.55 Å². The molecule has 1 atom stereocenters. The number of pyridine rings is 1. The minimum absolute atomic E-state index is 0.111. The second-order valence-corrected chi connectivity index (χ2v) is 6.83. The zero-order chi connectivity index (χ0) is 20.4. The van der Waals surface area contributed by atoms with E-state index in [1.807, 2.05) is 13.1 Å². The summed E-state index contributed by atoms with van der Waals surface area (Å²) in [4.78, 5) is 17.1. The Morgan fingerprint density at radius 1 is 1.45 bits per heavy atom. The lowest BCUT2D eigenvalue weighted by atomic mass is 10.0. The summed E-state index contributed by atoms with van der Waals surface area (Å²) >= 11 is 0. The number of hydrogen-bond acceptors (Lipinski definition) is 5. The number of fused-ring (bicyclic) bond motifs is 1. The molecule has 0 bridgehead atoms. The van der Waals surface area contributed by atoms with E-state index in [9.17, 15) is 13.6 Å². The van der Waals surface area contributed by atoms with Crippen molar-refractivity contribution in [2.75, 3.05) is 25.1 Å². The molecule has 1 saturated heterocycles. The Hall–Kier alpha value is -3.01. The summed E-state index contributed by atoms with van der Waals surface area (Å²) in [5.74, 6) is 0.298. The molecule has 8 nitrogen and oxygen atoms in total. The van der Waals surface area contributed by atoms with Crippen molar-refractivity contribution in [3.05, 3.63) is 42.1 Å². The van der Waals surface area contributed by atoms with Crippen molar-refractivity contribution in [2.24, 2.45) is 5.92 Å². The predicted molar refractivity (Wildman–Crippen MR) is 100 cm³/mol. The SMILES string of the molecule is CCOc1cc2nc(CC3CCOC3)cn2cc1NC(=O)c1ccn(C(F)F)n1. The van der Waals surface area contributed by atoms with Crippen LogP contribution in [0.25, 0.3) is 5.65 Å². The average molecular weight is 405 g/mol. The van der Waals surface area contributed by atoms with E-state index in [2.05, 4.69) is 15.4 Å². The van der Waals surface area contributed by atoms with Gasteiger partial charge in [-0.2, -0.15) is 13.9 Å². The van der Waals surface area contributed by atoms with Crippen LogP contribution in [0.4, 0.5) is 14.5 Å². The molecule has 0 spiro atoms. The number of anilines is 1. The highest BCUT2D eigenvalue weighted by Crippen LogP contribution is 2.28. The third-order valence-corrected chi connectivity index (χ3v) is 4.72. The van der Waals surface area contributed by atoms with Gasteiger partial charge in [-0.15, -0.1) is 0 Å². The van der Waals surface area contributed by atoms with E-state index in [0.29, 0.717) is 34.3 Å². The zero-order valence-electron chi connectivity index (χ0n) is 15.8. The average Bonchev–Trinajstić information content (AvgIpc) is 3.42. The highest BCUT2D eigenvalue weighted by Gasteiger charge is 2.19. The lowest BCUT2D eigenvalue weighted by Gasteiger charge is -2.11. The summed E-state index contributed by atoms with van der Waals surface area (Å²) in [7, 11) is 0. The van der Waals surface area contributed by atoms with Crippen LogP contribution in [0.2, 0.25) is 0 Å². The second kappa shape index (κ2) is 8.16. The molecule has 1 fully saturated rings. The van der Waals surface area contributed by atoms with Crippen molar-refractivity contribution < 1.29 is 23.0 Å². The maximum Gasteiger partial charge on any atom is 0.333 e. The van der Waals surface area contributed by atoms with Crippen molar-refractivity contribution >= 4 is 17.2 Å². The first-order chi connectivity index (χ1) is 14.0. The third kappa shape index (κ3) is 4.21. The normalized spacial score (nSPS) is 16.6. The van der Waals surface area contributed by atoms with Crippen molar-refractivity contribution in [2.45, 2.75) is 26.3 Å². The monoisotopic (exact) mass is 405 g/mol. The molecule has 1 N–H and O–H groups in total. The second-order valence-electron chi connectivity index (χ2n) is 6.83. The fraction of sp³-hybridized carbons (Fsp3) is 0.421. The summed E-state index contributed by atoms with van der Waals surface area (Å²) in [6, 6.07) is 2.98. The topological polar surface area (TPSA) is 82.7 Å². The standard InChI is InChI=1S/C19H21F2N5O3/c1-2-29-16-8-17-22-13(7-12-4-6-28-11-12)9-25(17)10-15(16)23-18(27)14-3-5-26(24-14)19(20)21/h3,5,8-10,12,19H,2,4,6-7,11H2,1H3,(H,23,27). The molecule has 3 aromatic heterocycles. The van der Waals surface area contributed by atoms with Crippen LogP contribution < -0.4 is 10.1 Å². The molecule has 1 unspecified atom stereocenters. The van der Waals surface area contributed by atoms with E-state index >= 15 is 0 Å². The Morgan fingerprint density at radius 3 is 3.00 bits per heavy atom. The molecule has 1 amide bonds. The summed E-state index contributed by atoms with van der Waals surface area (Å²) in [5, 5.41) is 6.27. The molecule has 154 valence electrons. The molecule has 4 heterocycles. The molecule has 0 aliphatic carbocycles. The number of imidazole rings is 1. The van der Waals surface area contributed by atoms with E-state index in [-0.39, 0.29) is 5.69 Å². The molecule has 29 heavy (non-hydrogen) atoms. The van der Waals surface area contributed by atoms with Crippen molar-refractivity contribution in [1.29, 1.82) is 0 Å². The molecule has 3 aromatic rings. The van der Waals surface area contributed by atoms with Gasteiger partial charge in [0.15, 0.2) is 5.69 Å². The number of nitrogens with one attached hydrogen (secondary N) is 1. The maximum atomic E-state index is 12.7. The van der Waals surface area contributed by atoms with Gasteiger partial charge in [-0.3, -0.25) is 4.79 Å². The largest absolute Gasteiger partial charge is 0.491 e. The van der Waals surface area contributed by atoms with Gasteiger partial charge in [-0.1, -0.05) is 0 Å². The molecule has 0 aromatic carbocycles. The van der Waals surface area contributed by atoms with Crippen molar-refractivity contribution in [3.8, 4) is 5.75 Å².